The number of nitrogens with one attached hydrogen (secondary N) is 1. The molecule has 3 N–H and O–H groups in total. The second-order valence-corrected chi connectivity index (χ2v) is 4.55. The number of benzene rings is 2. The van der Waals surface area contributed by atoms with Crippen LogP contribution in [0.3, 0.4) is 0 Å². The molecule has 1 heterocycles. The van der Waals surface area contributed by atoms with Crippen LogP contribution in [0.4, 0.5) is 21.5 Å². The lowest BCUT2D eigenvalue weighted by Crippen LogP contribution is -1.99. The number of nitriles is 1. The van der Waals surface area contributed by atoms with Crippen LogP contribution in [0.1, 0.15) is 5.56 Å². The molecule has 102 valence electrons. The van der Waals surface area contributed by atoms with Gasteiger partial charge in [0.15, 0.2) is 0 Å². The maximum absolute atomic E-state index is 13.2. The Kier molecular flexibility index (Phi) is 3.13. The van der Waals surface area contributed by atoms with Gasteiger partial charge >= 0.3 is 0 Å². The van der Waals surface area contributed by atoms with Gasteiger partial charge in [0, 0.05) is 23.2 Å². The lowest BCUT2D eigenvalue weighted by Gasteiger charge is -2.12. The minimum atomic E-state index is -0.449. The summed E-state index contributed by atoms with van der Waals surface area (Å²) in [6.07, 6.45) is 3.40. The highest BCUT2D eigenvalue weighted by Crippen LogP contribution is 2.31. The molecule has 0 fully saturated rings. The number of rotatable bonds is 2. The van der Waals surface area contributed by atoms with Crippen LogP contribution in [-0.2, 0) is 0 Å². The SMILES string of the molecule is N#Cc1cc(F)ccc1Nc1ccc2cnccc2c1N. The molecule has 0 aliphatic heterocycles. The number of hydrogen-bond donors (Lipinski definition) is 2. The zero-order chi connectivity index (χ0) is 14.8. The Balaban J connectivity index is 2.07. The standard InChI is InChI=1S/C16H11FN4/c17-12-2-4-14(11(7-12)8-18)21-15-3-1-10-9-20-6-5-13(10)16(15)19/h1-7,9,21H,19H2. The predicted molar refractivity (Wildman–Crippen MR) is 80.6 cm³/mol. The third-order valence-corrected chi connectivity index (χ3v) is 3.23. The summed E-state index contributed by atoms with van der Waals surface area (Å²) in [6.45, 7) is 0. The summed E-state index contributed by atoms with van der Waals surface area (Å²) in [5.74, 6) is -0.449. The van der Waals surface area contributed by atoms with Crippen molar-refractivity contribution < 1.29 is 4.39 Å². The maximum Gasteiger partial charge on any atom is 0.124 e. The normalized spacial score (nSPS) is 10.3. The first-order valence-electron chi connectivity index (χ1n) is 6.28. The molecule has 0 unspecified atom stereocenters. The zero-order valence-corrected chi connectivity index (χ0v) is 11.0. The Morgan fingerprint density at radius 1 is 1.14 bits per heavy atom. The smallest absolute Gasteiger partial charge is 0.124 e. The number of halogens is 1. The van der Waals surface area contributed by atoms with Crippen molar-refractivity contribution >= 4 is 27.8 Å². The van der Waals surface area contributed by atoms with Crippen LogP contribution >= 0.6 is 0 Å². The van der Waals surface area contributed by atoms with E-state index in [0.717, 1.165) is 10.8 Å². The Bertz CT molecular complexity index is 868. The van der Waals surface area contributed by atoms with Crippen molar-refractivity contribution in [1.29, 1.82) is 5.26 Å². The molecule has 5 heteroatoms. The lowest BCUT2D eigenvalue weighted by molar-refractivity contribution is 0.627. The minimum absolute atomic E-state index is 0.226. The highest BCUT2D eigenvalue weighted by Gasteiger charge is 2.08. The summed E-state index contributed by atoms with van der Waals surface area (Å²) in [5, 5.41) is 13.9. The first-order valence-corrected chi connectivity index (χ1v) is 6.28. The van der Waals surface area contributed by atoms with Crippen molar-refractivity contribution in [1.82, 2.24) is 4.98 Å². The number of fused-ring (bicyclic) bond motifs is 1. The molecular formula is C16H11FN4. The van der Waals surface area contributed by atoms with E-state index in [0.29, 0.717) is 17.1 Å². The van der Waals surface area contributed by atoms with Crippen LogP contribution in [0.15, 0.2) is 48.8 Å². The van der Waals surface area contributed by atoms with Gasteiger partial charge in [-0.1, -0.05) is 6.07 Å². The number of nitrogens with two attached hydrogens (primary N) is 1. The molecule has 4 nitrogen and oxygen atoms in total. The largest absolute Gasteiger partial charge is 0.397 e. The quantitative estimate of drug-likeness (QED) is 0.703. The molecule has 1 aromatic heterocycles. The van der Waals surface area contributed by atoms with E-state index in [4.69, 9.17) is 11.0 Å². The Hall–Kier alpha value is -3.13. The minimum Gasteiger partial charge on any atom is -0.397 e. The second-order valence-electron chi connectivity index (χ2n) is 4.55. The summed E-state index contributed by atoms with van der Waals surface area (Å²) < 4.78 is 13.2. The van der Waals surface area contributed by atoms with E-state index in [1.807, 2.05) is 24.3 Å². The first-order chi connectivity index (χ1) is 10.2. The number of hydrogen-bond acceptors (Lipinski definition) is 4. The van der Waals surface area contributed by atoms with Crippen LogP contribution in [-0.4, -0.2) is 4.98 Å². The van der Waals surface area contributed by atoms with Crippen molar-refractivity contribution in [2.45, 2.75) is 0 Å². The Morgan fingerprint density at radius 3 is 2.76 bits per heavy atom. The van der Waals surface area contributed by atoms with E-state index in [2.05, 4.69) is 10.3 Å². The zero-order valence-electron chi connectivity index (χ0n) is 11.0. The van der Waals surface area contributed by atoms with Gasteiger partial charge in [0.1, 0.15) is 11.9 Å². The summed E-state index contributed by atoms with van der Waals surface area (Å²) >= 11 is 0. The van der Waals surface area contributed by atoms with Gasteiger partial charge in [0.05, 0.1) is 22.6 Å². The molecule has 0 amide bonds. The molecule has 0 saturated carbocycles. The highest BCUT2D eigenvalue weighted by atomic mass is 19.1. The van der Waals surface area contributed by atoms with Gasteiger partial charge in [-0.15, -0.1) is 0 Å². The molecule has 0 aliphatic rings. The van der Waals surface area contributed by atoms with Crippen LogP contribution in [0.25, 0.3) is 10.8 Å². The van der Waals surface area contributed by atoms with Crippen molar-refractivity contribution in [2.75, 3.05) is 11.1 Å². The summed E-state index contributed by atoms with van der Waals surface area (Å²) in [7, 11) is 0. The molecule has 3 rings (SSSR count). The molecule has 3 aromatic rings. The van der Waals surface area contributed by atoms with Crippen molar-refractivity contribution in [2.24, 2.45) is 0 Å². The number of aromatic nitrogens is 1. The molecule has 0 spiro atoms. The van der Waals surface area contributed by atoms with Gasteiger partial charge in [0.25, 0.3) is 0 Å². The molecular weight excluding hydrogens is 267 g/mol. The average Bonchev–Trinajstić information content (AvgIpc) is 2.51. The molecule has 21 heavy (non-hydrogen) atoms. The molecule has 0 aliphatic carbocycles. The highest BCUT2D eigenvalue weighted by molar-refractivity contribution is 5.99. The first kappa shape index (κ1) is 12.9. The van der Waals surface area contributed by atoms with E-state index in [-0.39, 0.29) is 5.56 Å². The lowest BCUT2D eigenvalue weighted by atomic mass is 10.1. The van der Waals surface area contributed by atoms with E-state index < -0.39 is 5.82 Å². The van der Waals surface area contributed by atoms with Gasteiger partial charge in [0.2, 0.25) is 0 Å². The third kappa shape index (κ3) is 2.35. The fraction of sp³-hybridized carbons (Fsp3) is 0. The van der Waals surface area contributed by atoms with Gasteiger partial charge in [-0.05, 0) is 30.3 Å². The van der Waals surface area contributed by atoms with Gasteiger partial charge in [-0.3, -0.25) is 4.98 Å². The number of nitrogen functional groups attached to an aromatic ring is 1. The van der Waals surface area contributed by atoms with Crippen LogP contribution in [0.2, 0.25) is 0 Å². The number of pyridine rings is 1. The fourth-order valence-corrected chi connectivity index (χ4v) is 2.16. The van der Waals surface area contributed by atoms with Gasteiger partial charge in [-0.25, -0.2) is 4.39 Å². The Morgan fingerprint density at radius 2 is 1.95 bits per heavy atom. The predicted octanol–water partition coefficient (Wildman–Crippen LogP) is 3.57. The van der Waals surface area contributed by atoms with E-state index in [9.17, 15) is 4.39 Å². The number of anilines is 3. The average molecular weight is 278 g/mol. The molecule has 2 aromatic carbocycles. The molecule has 0 saturated heterocycles. The molecule has 0 bridgehead atoms. The van der Waals surface area contributed by atoms with Crippen molar-refractivity contribution in [3.8, 4) is 6.07 Å². The van der Waals surface area contributed by atoms with Gasteiger partial charge in [-0.2, -0.15) is 5.26 Å². The summed E-state index contributed by atoms with van der Waals surface area (Å²) in [4.78, 5) is 4.04. The summed E-state index contributed by atoms with van der Waals surface area (Å²) in [6, 6.07) is 11.5. The van der Waals surface area contributed by atoms with Crippen molar-refractivity contribution in [3.05, 3.63) is 60.2 Å². The van der Waals surface area contributed by atoms with E-state index >= 15 is 0 Å². The molecule has 0 radical (unpaired) electrons. The third-order valence-electron chi connectivity index (χ3n) is 3.23. The van der Waals surface area contributed by atoms with E-state index in [1.54, 1.807) is 12.4 Å². The monoisotopic (exact) mass is 278 g/mol. The van der Waals surface area contributed by atoms with Gasteiger partial charge < -0.3 is 11.1 Å². The van der Waals surface area contributed by atoms with Crippen LogP contribution < -0.4 is 11.1 Å². The fourth-order valence-electron chi connectivity index (χ4n) is 2.16. The second kappa shape index (κ2) is 5.10. The topological polar surface area (TPSA) is 74.7 Å². The summed E-state index contributed by atoms with van der Waals surface area (Å²) in [5.41, 5.74) is 8.10. The van der Waals surface area contributed by atoms with Crippen LogP contribution in [0, 0.1) is 17.1 Å². The van der Waals surface area contributed by atoms with E-state index in [1.165, 1.54) is 18.2 Å². The molecule has 0 atom stereocenters. The maximum atomic E-state index is 13.2. The van der Waals surface area contributed by atoms with Crippen molar-refractivity contribution in [3.63, 3.8) is 0 Å². The Labute approximate surface area is 120 Å². The number of nitrogens with zero attached hydrogens (tertiary/aromatic N) is 2. The van der Waals surface area contributed by atoms with Crippen LogP contribution in [0.5, 0.6) is 0 Å².